The third-order valence-corrected chi connectivity index (χ3v) is 3.75. The smallest absolute Gasteiger partial charge is 0.159 e. The van der Waals surface area contributed by atoms with Gasteiger partial charge >= 0.3 is 0 Å². The van der Waals surface area contributed by atoms with Crippen molar-refractivity contribution in [2.24, 2.45) is 5.73 Å². The summed E-state index contributed by atoms with van der Waals surface area (Å²) in [4.78, 5) is 10.2. The van der Waals surface area contributed by atoms with Gasteiger partial charge in [-0.15, -0.1) is 11.3 Å². The lowest BCUT2D eigenvalue weighted by Crippen LogP contribution is -2.03. The zero-order valence-corrected chi connectivity index (χ0v) is 11.1. The molecule has 0 aliphatic heterocycles. The van der Waals surface area contributed by atoms with E-state index in [4.69, 9.17) is 5.73 Å². The maximum Gasteiger partial charge on any atom is 0.159 e. The first-order valence-corrected chi connectivity index (χ1v) is 6.92. The first-order chi connectivity index (χ1) is 9.38. The maximum atomic E-state index is 5.77. The van der Waals surface area contributed by atoms with Crippen LogP contribution in [0.5, 0.6) is 0 Å². The molecule has 1 aromatic carbocycles. The second-order valence-electron chi connectivity index (χ2n) is 4.11. The Bertz CT molecular complexity index is 663. The minimum absolute atomic E-state index is 0.447. The van der Waals surface area contributed by atoms with Crippen molar-refractivity contribution in [3.05, 3.63) is 59.6 Å². The molecule has 3 aromatic rings. The van der Waals surface area contributed by atoms with Gasteiger partial charge in [-0.2, -0.15) is 0 Å². The largest absolute Gasteiger partial charge is 0.326 e. The van der Waals surface area contributed by atoms with Gasteiger partial charge in [0.25, 0.3) is 0 Å². The van der Waals surface area contributed by atoms with Crippen LogP contribution in [0.4, 0.5) is 0 Å². The Morgan fingerprint density at radius 3 is 2.58 bits per heavy atom. The third kappa shape index (κ3) is 2.41. The lowest BCUT2D eigenvalue weighted by atomic mass is 10.1. The molecule has 0 amide bonds. The molecule has 0 saturated heterocycles. The van der Waals surface area contributed by atoms with E-state index in [1.807, 2.05) is 48.0 Å². The SMILES string of the molecule is NCc1cnc(-c2ccccc2)nc1-c1cccs1. The molecule has 0 fully saturated rings. The second kappa shape index (κ2) is 5.30. The highest BCUT2D eigenvalue weighted by molar-refractivity contribution is 7.13. The van der Waals surface area contributed by atoms with Gasteiger partial charge in [0.05, 0.1) is 10.6 Å². The van der Waals surface area contributed by atoms with E-state index in [2.05, 4.69) is 16.0 Å². The molecule has 0 aliphatic rings. The average molecular weight is 267 g/mol. The van der Waals surface area contributed by atoms with Crippen LogP contribution >= 0.6 is 11.3 Å². The van der Waals surface area contributed by atoms with Crippen LogP contribution in [0.15, 0.2) is 54.0 Å². The Labute approximate surface area is 115 Å². The summed E-state index contributed by atoms with van der Waals surface area (Å²) in [7, 11) is 0. The normalized spacial score (nSPS) is 10.6. The summed E-state index contributed by atoms with van der Waals surface area (Å²) in [5.74, 6) is 0.737. The van der Waals surface area contributed by atoms with E-state index in [0.29, 0.717) is 6.54 Å². The lowest BCUT2D eigenvalue weighted by molar-refractivity contribution is 1.02. The van der Waals surface area contributed by atoms with Gasteiger partial charge < -0.3 is 5.73 Å². The molecule has 0 aliphatic carbocycles. The molecule has 2 aromatic heterocycles. The summed E-state index contributed by atoms with van der Waals surface area (Å²) in [6, 6.07) is 14.1. The summed E-state index contributed by atoms with van der Waals surface area (Å²) in [6.45, 7) is 0.447. The van der Waals surface area contributed by atoms with Crippen LogP contribution in [-0.2, 0) is 6.54 Å². The summed E-state index contributed by atoms with van der Waals surface area (Å²) >= 11 is 1.66. The van der Waals surface area contributed by atoms with Gasteiger partial charge in [0.2, 0.25) is 0 Å². The molecule has 0 unspecified atom stereocenters. The van der Waals surface area contributed by atoms with Crippen LogP contribution in [-0.4, -0.2) is 9.97 Å². The van der Waals surface area contributed by atoms with Crippen LogP contribution in [0.1, 0.15) is 5.56 Å². The monoisotopic (exact) mass is 267 g/mol. The molecule has 0 spiro atoms. The molecule has 2 N–H and O–H groups in total. The lowest BCUT2D eigenvalue weighted by Gasteiger charge is -2.07. The number of hydrogen-bond donors (Lipinski definition) is 1. The van der Waals surface area contributed by atoms with Crippen molar-refractivity contribution in [3.63, 3.8) is 0 Å². The van der Waals surface area contributed by atoms with Gasteiger partial charge in [-0.25, -0.2) is 9.97 Å². The molecular formula is C15H13N3S. The maximum absolute atomic E-state index is 5.77. The fourth-order valence-corrected chi connectivity index (χ4v) is 2.66. The average Bonchev–Trinajstić information content (AvgIpc) is 3.01. The quantitative estimate of drug-likeness (QED) is 0.792. The number of thiophene rings is 1. The molecule has 0 saturated carbocycles. The Morgan fingerprint density at radius 1 is 1.05 bits per heavy atom. The highest BCUT2D eigenvalue weighted by Crippen LogP contribution is 2.27. The molecule has 2 heterocycles. The fourth-order valence-electron chi connectivity index (χ4n) is 1.91. The first-order valence-electron chi connectivity index (χ1n) is 6.04. The zero-order chi connectivity index (χ0) is 13.1. The van der Waals surface area contributed by atoms with E-state index in [-0.39, 0.29) is 0 Å². The van der Waals surface area contributed by atoms with E-state index >= 15 is 0 Å². The predicted octanol–water partition coefficient (Wildman–Crippen LogP) is 3.33. The van der Waals surface area contributed by atoms with Crippen LogP contribution < -0.4 is 5.73 Å². The molecule has 3 rings (SSSR count). The van der Waals surface area contributed by atoms with Gasteiger partial charge in [0.1, 0.15) is 0 Å². The topological polar surface area (TPSA) is 51.8 Å². The number of aromatic nitrogens is 2. The number of benzene rings is 1. The Hall–Kier alpha value is -2.04. The summed E-state index contributed by atoms with van der Waals surface area (Å²) < 4.78 is 0. The minimum atomic E-state index is 0.447. The first kappa shape index (κ1) is 12.0. The van der Waals surface area contributed by atoms with Crippen molar-refractivity contribution in [1.82, 2.24) is 9.97 Å². The van der Waals surface area contributed by atoms with E-state index in [9.17, 15) is 0 Å². The van der Waals surface area contributed by atoms with E-state index in [0.717, 1.165) is 27.5 Å². The molecule has 0 atom stereocenters. The van der Waals surface area contributed by atoms with Gasteiger partial charge in [-0.05, 0) is 11.4 Å². The van der Waals surface area contributed by atoms with Crippen molar-refractivity contribution in [3.8, 4) is 22.0 Å². The number of nitrogens with two attached hydrogens (primary N) is 1. The standard InChI is InChI=1S/C15H13N3S/c16-9-12-10-17-15(11-5-2-1-3-6-11)18-14(12)13-7-4-8-19-13/h1-8,10H,9,16H2. The molecule has 0 radical (unpaired) electrons. The molecule has 19 heavy (non-hydrogen) atoms. The van der Waals surface area contributed by atoms with Gasteiger partial charge in [-0.1, -0.05) is 36.4 Å². The van der Waals surface area contributed by atoms with Gasteiger partial charge in [0, 0.05) is 23.9 Å². The van der Waals surface area contributed by atoms with E-state index in [1.165, 1.54) is 0 Å². The highest BCUT2D eigenvalue weighted by Gasteiger charge is 2.10. The molecule has 94 valence electrons. The molecule has 4 heteroatoms. The van der Waals surface area contributed by atoms with Crippen LogP contribution in [0.3, 0.4) is 0 Å². The number of rotatable bonds is 3. The van der Waals surface area contributed by atoms with Gasteiger partial charge in [-0.3, -0.25) is 0 Å². The van der Waals surface area contributed by atoms with E-state index in [1.54, 1.807) is 11.3 Å². The summed E-state index contributed by atoms with van der Waals surface area (Å²) in [5.41, 5.74) is 8.70. The van der Waals surface area contributed by atoms with Crippen molar-refractivity contribution in [2.45, 2.75) is 6.54 Å². The summed E-state index contributed by atoms with van der Waals surface area (Å²) in [5, 5.41) is 2.04. The summed E-state index contributed by atoms with van der Waals surface area (Å²) in [6.07, 6.45) is 1.82. The second-order valence-corrected chi connectivity index (χ2v) is 5.06. The zero-order valence-electron chi connectivity index (χ0n) is 10.3. The van der Waals surface area contributed by atoms with Crippen LogP contribution in [0.25, 0.3) is 22.0 Å². The van der Waals surface area contributed by atoms with Crippen LogP contribution in [0.2, 0.25) is 0 Å². The molecular weight excluding hydrogens is 254 g/mol. The fraction of sp³-hybridized carbons (Fsp3) is 0.0667. The number of nitrogens with zero attached hydrogens (tertiary/aromatic N) is 2. The minimum Gasteiger partial charge on any atom is -0.326 e. The van der Waals surface area contributed by atoms with E-state index < -0.39 is 0 Å². The Morgan fingerprint density at radius 2 is 1.89 bits per heavy atom. The Kier molecular flexibility index (Phi) is 3.35. The van der Waals surface area contributed by atoms with Crippen molar-refractivity contribution in [2.75, 3.05) is 0 Å². The van der Waals surface area contributed by atoms with Crippen LogP contribution in [0, 0.1) is 0 Å². The third-order valence-electron chi connectivity index (χ3n) is 2.87. The molecule has 0 bridgehead atoms. The highest BCUT2D eigenvalue weighted by atomic mass is 32.1. The van der Waals surface area contributed by atoms with Crippen molar-refractivity contribution < 1.29 is 0 Å². The molecule has 3 nitrogen and oxygen atoms in total. The number of hydrogen-bond acceptors (Lipinski definition) is 4. The van der Waals surface area contributed by atoms with Gasteiger partial charge in [0.15, 0.2) is 5.82 Å². The van der Waals surface area contributed by atoms with Crippen molar-refractivity contribution in [1.29, 1.82) is 0 Å². The van der Waals surface area contributed by atoms with Crippen molar-refractivity contribution >= 4 is 11.3 Å². The Balaban J connectivity index is 2.13. The predicted molar refractivity (Wildman–Crippen MR) is 78.7 cm³/mol.